The van der Waals surface area contributed by atoms with E-state index < -0.39 is 0 Å². The number of allylic oxidation sites excluding steroid dienone is 1. The van der Waals surface area contributed by atoms with Crippen molar-refractivity contribution in [3.63, 3.8) is 0 Å². The zero-order chi connectivity index (χ0) is 25.4. The van der Waals surface area contributed by atoms with Gasteiger partial charge in [0.1, 0.15) is 5.75 Å². The molecule has 0 fully saturated rings. The molecule has 5 rings (SSSR count). The number of nitrogens with one attached hydrogen (secondary N) is 1. The molecule has 0 bridgehead atoms. The molecule has 2 heterocycles. The highest BCUT2D eigenvalue weighted by Crippen LogP contribution is 2.39. The molecule has 0 saturated carbocycles. The van der Waals surface area contributed by atoms with Gasteiger partial charge in [0.2, 0.25) is 5.82 Å². The molecule has 3 aromatic carbocycles. The van der Waals surface area contributed by atoms with E-state index in [2.05, 4.69) is 74.6 Å². The molecular weight excluding hydrogens is 468 g/mol. The molecule has 0 saturated heterocycles. The van der Waals surface area contributed by atoms with E-state index >= 15 is 0 Å². The first kappa shape index (κ1) is 23.8. The predicted molar refractivity (Wildman–Crippen MR) is 147 cm³/mol. The van der Waals surface area contributed by atoms with Crippen molar-refractivity contribution in [1.82, 2.24) is 15.5 Å². The van der Waals surface area contributed by atoms with Crippen molar-refractivity contribution in [2.24, 2.45) is 0 Å². The molecule has 1 aliphatic heterocycles. The van der Waals surface area contributed by atoms with Crippen molar-refractivity contribution < 1.29 is 9.26 Å². The lowest BCUT2D eigenvalue weighted by atomic mass is 9.92. The van der Waals surface area contributed by atoms with E-state index in [4.69, 9.17) is 26.5 Å². The van der Waals surface area contributed by atoms with Crippen LogP contribution in [-0.2, 0) is 0 Å². The van der Waals surface area contributed by atoms with Gasteiger partial charge in [0.15, 0.2) is 5.11 Å². The lowest BCUT2D eigenvalue weighted by Gasteiger charge is -2.37. The molecule has 1 unspecified atom stereocenters. The second-order valence-electron chi connectivity index (χ2n) is 9.05. The minimum Gasteiger partial charge on any atom is -0.497 e. The minimum absolute atomic E-state index is 0.234. The fraction of sp³-hybridized carbons (Fsp3) is 0.207. The Morgan fingerprint density at radius 2 is 1.72 bits per heavy atom. The molecule has 0 radical (unpaired) electrons. The Bertz CT molecular complexity index is 1470. The standard InChI is InChI=1S/C29H28N4O2S/c1-17-7-6-8-23(15-17)33-20(4)25(26(30-29(33)36)22-10-9-18(2)19(3)16-22)28-31-27(32-35-28)21-11-13-24(34-5)14-12-21/h6-16,26H,1-5H3,(H,30,36). The Morgan fingerprint density at radius 1 is 0.944 bits per heavy atom. The third kappa shape index (κ3) is 4.38. The summed E-state index contributed by atoms with van der Waals surface area (Å²) in [5, 5.41) is 8.47. The van der Waals surface area contributed by atoms with E-state index in [0.717, 1.165) is 39.4 Å². The Labute approximate surface area is 216 Å². The summed E-state index contributed by atoms with van der Waals surface area (Å²) in [4.78, 5) is 6.84. The Morgan fingerprint density at radius 3 is 2.42 bits per heavy atom. The number of aromatic nitrogens is 2. The van der Waals surface area contributed by atoms with Crippen LogP contribution in [0.1, 0.15) is 41.1 Å². The summed E-state index contributed by atoms with van der Waals surface area (Å²) in [6.07, 6.45) is 0. The molecule has 6 nitrogen and oxygen atoms in total. The topological polar surface area (TPSA) is 63.4 Å². The lowest BCUT2D eigenvalue weighted by Crippen LogP contribution is -2.46. The van der Waals surface area contributed by atoms with Crippen molar-refractivity contribution in [2.75, 3.05) is 12.0 Å². The number of rotatable bonds is 5. The largest absolute Gasteiger partial charge is 0.497 e. The van der Waals surface area contributed by atoms with Gasteiger partial charge in [-0.05, 0) is 98.6 Å². The number of aryl methyl sites for hydroxylation is 3. The summed E-state index contributed by atoms with van der Waals surface area (Å²) in [7, 11) is 1.64. The van der Waals surface area contributed by atoms with Crippen LogP contribution in [0.3, 0.4) is 0 Å². The number of thiocarbonyl (C=S) groups is 1. The van der Waals surface area contributed by atoms with Crippen molar-refractivity contribution in [1.29, 1.82) is 0 Å². The van der Waals surface area contributed by atoms with Gasteiger partial charge >= 0.3 is 0 Å². The van der Waals surface area contributed by atoms with Crippen LogP contribution in [0.15, 0.2) is 77.0 Å². The maximum Gasteiger partial charge on any atom is 0.258 e. The first-order valence-electron chi connectivity index (χ1n) is 11.8. The van der Waals surface area contributed by atoms with Crippen molar-refractivity contribution in [3.8, 4) is 17.1 Å². The molecule has 1 atom stereocenters. The third-order valence-electron chi connectivity index (χ3n) is 6.61. The van der Waals surface area contributed by atoms with Crippen LogP contribution in [0.4, 0.5) is 5.69 Å². The summed E-state index contributed by atoms with van der Waals surface area (Å²) in [6.45, 7) is 8.35. The molecule has 1 N–H and O–H groups in total. The molecule has 1 aromatic heterocycles. The second kappa shape index (κ2) is 9.59. The summed E-state index contributed by atoms with van der Waals surface area (Å²) in [5.74, 6) is 1.74. The average molecular weight is 497 g/mol. The fourth-order valence-electron chi connectivity index (χ4n) is 4.48. The fourth-order valence-corrected chi connectivity index (χ4v) is 4.84. The monoisotopic (exact) mass is 496 g/mol. The van der Waals surface area contributed by atoms with Crippen LogP contribution in [0, 0.1) is 20.8 Å². The van der Waals surface area contributed by atoms with Gasteiger partial charge in [-0.1, -0.05) is 35.5 Å². The highest BCUT2D eigenvalue weighted by Gasteiger charge is 2.35. The number of hydrogen-bond donors (Lipinski definition) is 1. The number of ether oxygens (including phenoxy) is 1. The number of anilines is 1. The zero-order valence-electron chi connectivity index (χ0n) is 21.0. The van der Waals surface area contributed by atoms with Crippen LogP contribution in [0.2, 0.25) is 0 Å². The van der Waals surface area contributed by atoms with E-state index in [0.29, 0.717) is 16.8 Å². The molecule has 4 aromatic rings. The molecule has 7 heteroatoms. The zero-order valence-corrected chi connectivity index (χ0v) is 21.8. The van der Waals surface area contributed by atoms with Crippen LogP contribution >= 0.6 is 12.2 Å². The quantitative estimate of drug-likeness (QED) is 0.315. The van der Waals surface area contributed by atoms with Gasteiger partial charge in [0, 0.05) is 16.9 Å². The normalized spacial score (nSPS) is 15.8. The molecule has 0 amide bonds. The van der Waals surface area contributed by atoms with Gasteiger partial charge in [-0.2, -0.15) is 4.98 Å². The van der Waals surface area contributed by atoms with Gasteiger partial charge in [0.25, 0.3) is 5.89 Å². The average Bonchev–Trinajstić information content (AvgIpc) is 3.35. The predicted octanol–water partition coefficient (Wildman–Crippen LogP) is 6.54. The summed E-state index contributed by atoms with van der Waals surface area (Å²) in [6, 6.07) is 22.1. The van der Waals surface area contributed by atoms with E-state index in [1.807, 2.05) is 35.2 Å². The van der Waals surface area contributed by atoms with E-state index in [9.17, 15) is 0 Å². The minimum atomic E-state index is -0.234. The second-order valence-corrected chi connectivity index (χ2v) is 9.44. The van der Waals surface area contributed by atoms with Crippen LogP contribution < -0.4 is 15.0 Å². The highest BCUT2D eigenvalue weighted by molar-refractivity contribution is 7.80. The van der Waals surface area contributed by atoms with E-state index in [1.54, 1.807) is 7.11 Å². The van der Waals surface area contributed by atoms with Gasteiger partial charge in [-0.25, -0.2) is 0 Å². The van der Waals surface area contributed by atoms with Crippen molar-refractivity contribution >= 4 is 28.6 Å². The first-order valence-corrected chi connectivity index (χ1v) is 12.2. The molecule has 1 aliphatic rings. The summed E-state index contributed by atoms with van der Waals surface area (Å²) < 4.78 is 11.1. The van der Waals surface area contributed by atoms with Crippen LogP contribution in [0.5, 0.6) is 5.75 Å². The maximum atomic E-state index is 5.88. The highest BCUT2D eigenvalue weighted by atomic mass is 32.1. The van der Waals surface area contributed by atoms with Crippen LogP contribution in [-0.4, -0.2) is 22.4 Å². The number of hydrogen-bond acceptors (Lipinski definition) is 5. The SMILES string of the molecule is COc1ccc(-c2noc(C3=C(C)N(c4cccc(C)c4)C(=S)NC3c3ccc(C)c(C)c3)n2)cc1. The molecule has 36 heavy (non-hydrogen) atoms. The smallest absolute Gasteiger partial charge is 0.258 e. The molecule has 0 spiro atoms. The third-order valence-corrected chi connectivity index (χ3v) is 6.91. The summed E-state index contributed by atoms with van der Waals surface area (Å²) in [5.41, 5.74) is 8.35. The number of nitrogens with zero attached hydrogens (tertiary/aromatic N) is 3. The van der Waals surface area contributed by atoms with Crippen molar-refractivity contribution in [2.45, 2.75) is 33.7 Å². The van der Waals surface area contributed by atoms with Gasteiger partial charge in [0.05, 0.1) is 18.7 Å². The Hall–Kier alpha value is -3.97. The Kier molecular flexibility index (Phi) is 6.33. The van der Waals surface area contributed by atoms with Gasteiger partial charge in [-0.15, -0.1) is 0 Å². The van der Waals surface area contributed by atoms with Gasteiger partial charge < -0.3 is 14.6 Å². The Balaban J connectivity index is 1.65. The van der Waals surface area contributed by atoms with E-state index in [-0.39, 0.29) is 6.04 Å². The number of methoxy groups -OCH3 is 1. The maximum absolute atomic E-state index is 5.88. The van der Waals surface area contributed by atoms with Crippen LogP contribution in [0.25, 0.3) is 17.0 Å². The molecule has 0 aliphatic carbocycles. The van der Waals surface area contributed by atoms with E-state index in [1.165, 1.54) is 11.1 Å². The summed E-state index contributed by atoms with van der Waals surface area (Å²) >= 11 is 5.88. The lowest BCUT2D eigenvalue weighted by molar-refractivity contribution is 0.404. The molecular formula is C29H28N4O2S. The number of benzene rings is 3. The van der Waals surface area contributed by atoms with Gasteiger partial charge in [-0.3, -0.25) is 4.90 Å². The first-order chi connectivity index (χ1) is 17.4. The molecule has 182 valence electrons. The van der Waals surface area contributed by atoms with Crippen molar-refractivity contribution in [3.05, 3.63) is 101 Å².